The first-order valence-corrected chi connectivity index (χ1v) is 10.9. The van der Waals surface area contributed by atoms with Gasteiger partial charge in [0.15, 0.2) is 11.5 Å². The topological polar surface area (TPSA) is 98.9 Å². The van der Waals surface area contributed by atoms with Crippen LogP contribution in [-0.4, -0.2) is 57.2 Å². The van der Waals surface area contributed by atoms with Gasteiger partial charge in [0, 0.05) is 30.9 Å². The smallest absolute Gasteiger partial charge is 0.254 e. The third-order valence-electron chi connectivity index (χ3n) is 5.66. The molecule has 0 bridgehead atoms. The maximum Gasteiger partial charge on any atom is 0.254 e. The summed E-state index contributed by atoms with van der Waals surface area (Å²) in [5, 5.41) is 9.50. The van der Waals surface area contributed by atoms with E-state index in [0.29, 0.717) is 22.7 Å². The van der Waals surface area contributed by atoms with Crippen LogP contribution in [0.5, 0.6) is 5.75 Å². The first-order valence-electron chi connectivity index (χ1n) is 10.9. The van der Waals surface area contributed by atoms with Gasteiger partial charge in [-0.05, 0) is 51.1 Å². The summed E-state index contributed by atoms with van der Waals surface area (Å²) in [6, 6.07) is 5.67. The van der Waals surface area contributed by atoms with Crippen LogP contribution in [0.2, 0.25) is 0 Å². The number of amides is 1. The van der Waals surface area contributed by atoms with Crippen molar-refractivity contribution >= 4 is 22.6 Å². The highest BCUT2D eigenvalue weighted by atomic mass is 19.1. The van der Waals surface area contributed by atoms with E-state index in [2.05, 4.69) is 37.4 Å². The van der Waals surface area contributed by atoms with E-state index in [1.54, 1.807) is 0 Å². The highest BCUT2D eigenvalue weighted by Gasteiger charge is 2.20. The lowest BCUT2D eigenvalue weighted by Crippen LogP contribution is -2.35. The van der Waals surface area contributed by atoms with Gasteiger partial charge in [0.05, 0.1) is 23.1 Å². The fourth-order valence-electron chi connectivity index (χ4n) is 3.66. The van der Waals surface area contributed by atoms with E-state index in [0.717, 1.165) is 55.4 Å². The second kappa shape index (κ2) is 10.4. The molecule has 1 amide bonds. The molecule has 10 heteroatoms. The lowest BCUT2D eigenvalue weighted by Gasteiger charge is -2.29. The molecule has 34 heavy (non-hydrogen) atoms. The molecule has 3 N–H and O–H groups in total. The molecule has 0 unspecified atom stereocenters. The summed E-state index contributed by atoms with van der Waals surface area (Å²) in [6.45, 7) is 3.36. The first kappa shape index (κ1) is 23.4. The predicted molar refractivity (Wildman–Crippen MR) is 127 cm³/mol. The Balaban J connectivity index is 1.50. The van der Waals surface area contributed by atoms with Gasteiger partial charge in [-0.2, -0.15) is 5.10 Å². The number of hydrogen-bond acceptors (Lipinski definition) is 5. The van der Waals surface area contributed by atoms with E-state index < -0.39 is 11.7 Å². The molecular formula is C24H26F2N6O2. The number of halogens is 2. The molecule has 0 radical (unpaired) electrons. The number of piperidine rings is 1. The van der Waals surface area contributed by atoms with Crippen LogP contribution in [0.1, 0.15) is 19.8 Å². The van der Waals surface area contributed by atoms with Crippen molar-refractivity contribution in [2.75, 3.05) is 25.5 Å². The summed E-state index contributed by atoms with van der Waals surface area (Å²) in [5.41, 5.74) is 2.06. The van der Waals surface area contributed by atoms with Crippen LogP contribution in [-0.2, 0) is 4.79 Å². The summed E-state index contributed by atoms with van der Waals surface area (Å²) in [5.74, 6) is -0.235. The number of imidazole rings is 1. The molecule has 3 aromatic rings. The molecule has 8 nitrogen and oxygen atoms in total. The zero-order valence-electron chi connectivity index (χ0n) is 18.9. The van der Waals surface area contributed by atoms with Crippen molar-refractivity contribution in [3.63, 3.8) is 0 Å². The van der Waals surface area contributed by atoms with E-state index in [4.69, 9.17) is 4.74 Å². The molecule has 0 atom stereocenters. The zero-order valence-corrected chi connectivity index (χ0v) is 18.9. The molecule has 1 aromatic carbocycles. The number of H-pyrrole nitrogens is 2. The van der Waals surface area contributed by atoms with Gasteiger partial charge in [-0.25, -0.2) is 13.8 Å². The largest absolute Gasteiger partial charge is 0.490 e. The molecule has 1 aliphatic rings. The summed E-state index contributed by atoms with van der Waals surface area (Å²) >= 11 is 0. The number of nitrogens with one attached hydrogen (secondary N) is 3. The van der Waals surface area contributed by atoms with Crippen LogP contribution in [0.4, 0.5) is 14.5 Å². The number of rotatable bonds is 7. The second-order valence-electron chi connectivity index (χ2n) is 8.14. The Morgan fingerprint density at radius 2 is 2.09 bits per heavy atom. The van der Waals surface area contributed by atoms with Gasteiger partial charge >= 0.3 is 0 Å². The number of anilines is 1. The Morgan fingerprint density at radius 3 is 2.85 bits per heavy atom. The van der Waals surface area contributed by atoms with E-state index in [9.17, 15) is 13.6 Å². The fraction of sp³-hybridized carbons (Fsp3) is 0.292. The van der Waals surface area contributed by atoms with Crippen molar-refractivity contribution in [3.8, 4) is 17.3 Å². The Morgan fingerprint density at radius 1 is 1.29 bits per heavy atom. The number of allylic oxidation sites excluding steroid dienone is 4. The van der Waals surface area contributed by atoms with E-state index in [-0.39, 0.29) is 18.0 Å². The number of hydrogen-bond donors (Lipinski definition) is 3. The van der Waals surface area contributed by atoms with Crippen molar-refractivity contribution in [2.24, 2.45) is 0 Å². The van der Waals surface area contributed by atoms with E-state index >= 15 is 0 Å². The number of likely N-dealkylation sites (tertiary alicyclic amines) is 1. The Hall–Kier alpha value is -3.79. The number of aromatic nitrogens is 4. The maximum atomic E-state index is 14.1. The number of benzene rings is 1. The minimum Gasteiger partial charge on any atom is -0.490 e. The molecule has 1 saturated heterocycles. The van der Waals surface area contributed by atoms with Gasteiger partial charge in [-0.1, -0.05) is 6.08 Å². The SMILES string of the molecule is C\C(C(=O)Nc1c[nH]nc1-c1nc2cc(OC3CCN(C)CC3)ccc2[nH]1)=C(F)/C=C\C=C\F. The van der Waals surface area contributed by atoms with E-state index in [1.165, 1.54) is 13.1 Å². The summed E-state index contributed by atoms with van der Waals surface area (Å²) in [7, 11) is 2.11. The summed E-state index contributed by atoms with van der Waals surface area (Å²) in [4.78, 5) is 22.5. The lowest BCUT2D eigenvalue weighted by atomic mass is 10.1. The standard InChI is InChI=1S/C24H26F2N6O2/c1-15(18(26)5-3-4-10-25)24(33)30-21-14-27-31-22(21)23-28-19-7-6-17(13-20(19)29-23)34-16-8-11-32(2)12-9-16/h3-7,10,13-14,16H,8-9,11-12H2,1-2H3,(H,27,31)(H,28,29)(H,30,33)/b5-3-,10-4+,18-15-. The summed E-state index contributed by atoms with van der Waals surface area (Å²) < 4.78 is 32.2. The maximum absolute atomic E-state index is 14.1. The van der Waals surface area contributed by atoms with Crippen molar-refractivity contribution in [2.45, 2.75) is 25.9 Å². The zero-order chi connectivity index (χ0) is 24.1. The van der Waals surface area contributed by atoms with Gasteiger partial charge in [0.2, 0.25) is 0 Å². The molecule has 0 spiro atoms. The molecule has 1 aliphatic heterocycles. The third kappa shape index (κ3) is 5.40. The van der Waals surface area contributed by atoms with Gasteiger partial charge < -0.3 is 19.9 Å². The van der Waals surface area contributed by atoms with Crippen LogP contribution in [0.3, 0.4) is 0 Å². The fourth-order valence-corrected chi connectivity index (χ4v) is 3.66. The van der Waals surface area contributed by atoms with Crippen molar-refractivity contribution < 1.29 is 18.3 Å². The Kier molecular flexibility index (Phi) is 7.17. The average molecular weight is 469 g/mol. The van der Waals surface area contributed by atoms with Crippen molar-refractivity contribution in [3.05, 3.63) is 60.4 Å². The average Bonchev–Trinajstić information content (AvgIpc) is 3.46. The number of carbonyl (C=O) groups excluding carboxylic acids is 1. The van der Waals surface area contributed by atoms with Gasteiger partial charge in [-0.15, -0.1) is 0 Å². The number of nitrogens with zero attached hydrogens (tertiary/aromatic N) is 3. The van der Waals surface area contributed by atoms with Crippen molar-refractivity contribution in [1.82, 2.24) is 25.1 Å². The molecular weight excluding hydrogens is 442 g/mol. The number of carbonyl (C=O) groups is 1. The van der Waals surface area contributed by atoms with Crippen LogP contribution in [0.25, 0.3) is 22.6 Å². The molecule has 178 valence electrons. The first-order chi connectivity index (χ1) is 16.4. The number of ether oxygens (including phenoxy) is 1. The van der Waals surface area contributed by atoms with Crippen LogP contribution in [0.15, 0.2) is 60.4 Å². The molecule has 3 heterocycles. The minimum absolute atomic E-state index is 0.157. The number of aromatic amines is 2. The van der Waals surface area contributed by atoms with Crippen molar-refractivity contribution in [1.29, 1.82) is 0 Å². The lowest BCUT2D eigenvalue weighted by molar-refractivity contribution is -0.112. The Labute approximate surface area is 195 Å². The van der Waals surface area contributed by atoms with Crippen LogP contribution in [0, 0.1) is 0 Å². The third-order valence-corrected chi connectivity index (χ3v) is 5.66. The predicted octanol–water partition coefficient (Wildman–Crippen LogP) is 4.65. The van der Waals surface area contributed by atoms with E-state index in [1.807, 2.05) is 18.2 Å². The number of fused-ring (bicyclic) bond motifs is 1. The molecule has 1 fully saturated rings. The quantitative estimate of drug-likeness (QED) is 0.346. The molecule has 0 aliphatic carbocycles. The second-order valence-corrected chi connectivity index (χ2v) is 8.14. The summed E-state index contributed by atoms with van der Waals surface area (Å²) in [6.07, 6.45) is 7.09. The molecule has 2 aromatic heterocycles. The van der Waals surface area contributed by atoms with Gasteiger partial charge in [0.1, 0.15) is 17.7 Å². The monoisotopic (exact) mass is 468 g/mol. The van der Waals surface area contributed by atoms with Gasteiger partial charge in [0.25, 0.3) is 5.91 Å². The van der Waals surface area contributed by atoms with Gasteiger partial charge in [-0.3, -0.25) is 9.89 Å². The minimum atomic E-state index is -0.776. The highest BCUT2D eigenvalue weighted by Crippen LogP contribution is 2.28. The normalized spacial score (nSPS) is 16.5. The Bertz CT molecular complexity index is 1250. The molecule has 4 rings (SSSR count). The van der Waals surface area contributed by atoms with Crippen LogP contribution >= 0.6 is 0 Å². The highest BCUT2D eigenvalue weighted by molar-refractivity contribution is 6.05. The van der Waals surface area contributed by atoms with Crippen LogP contribution < -0.4 is 10.1 Å². The molecule has 0 saturated carbocycles.